The third kappa shape index (κ3) is 4.95. The smallest absolute Gasteiger partial charge is 0.294 e. The summed E-state index contributed by atoms with van der Waals surface area (Å²) < 4.78 is 74.8. The van der Waals surface area contributed by atoms with Gasteiger partial charge in [0.05, 0.1) is 9.79 Å². The van der Waals surface area contributed by atoms with Crippen molar-refractivity contribution in [3.8, 4) is 0 Å². The molecule has 1 atom stereocenters. The molecule has 0 heterocycles. The molecule has 9 nitrogen and oxygen atoms in total. The average molecular weight is 419 g/mol. The molecular formula is C14H13NO8S3. The monoisotopic (exact) mass is 419 g/mol. The second-order valence-electron chi connectivity index (χ2n) is 5.08. The Morgan fingerprint density at radius 1 is 0.962 bits per heavy atom. The highest BCUT2D eigenvalue weighted by atomic mass is 32.2. The van der Waals surface area contributed by atoms with Crippen LogP contribution in [0.3, 0.4) is 0 Å². The molecule has 0 aliphatic rings. The van der Waals surface area contributed by atoms with Crippen molar-refractivity contribution in [2.45, 2.75) is 14.7 Å². The van der Waals surface area contributed by atoms with Crippen molar-refractivity contribution in [2.75, 3.05) is 11.6 Å². The van der Waals surface area contributed by atoms with Crippen LogP contribution >= 0.6 is 0 Å². The first kappa shape index (κ1) is 20.2. The van der Waals surface area contributed by atoms with Crippen LogP contribution in [0.1, 0.15) is 10.4 Å². The molecule has 0 saturated carbocycles. The second-order valence-corrected chi connectivity index (χ2v) is 9.30. The lowest BCUT2D eigenvalue weighted by Crippen LogP contribution is -2.14. The lowest BCUT2D eigenvalue weighted by Gasteiger charge is -2.09. The van der Waals surface area contributed by atoms with Crippen LogP contribution in [0.15, 0.2) is 57.2 Å². The Kier molecular flexibility index (Phi) is 5.63. The zero-order valence-electron chi connectivity index (χ0n) is 13.1. The summed E-state index contributed by atoms with van der Waals surface area (Å²) >= 11 is 0. The summed E-state index contributed by atoms with van der Waals surface area (Å²) in [6.07, 6.45) is 1.42. The Balaban J connectivity index is 2.47. The minimum absolute atomic E-state index is 0.0864. The molecule has 0 bridgehead atoms. The molecule has 26 heavy (non-hydrogen) atoms. The van der Waals surface area contributed by atoms with Gasteiger partial charge in [-0.3, -0.25) is 18.1 Å². The molecule has 2 rings (SSSR count). The van der Waals surface area contributed by atoms with Crippen molar-refractivity contribution in [3.63, 3.8) is 0 Å². The largest absolute Gasteiger partial charge is 0.322 e. The van der Waals surface area contributed by atoms with E-state index in [1.807, 2.05) is 0 Å². The van der Waals surface area contributed by atoms with Crippen LogP contribution in [-0.2, 0) is 31.0 Å². The highest BCUT2D eigenvalue weighted by Gasteiger charge is 2.19. The van der Waals surface area contributed by atoms with E-state index in [0.29, 0.717) is 11.0 Å². The molecule has 2 aromatic carbocycles. The number of anilines is 1. The van der Waals surface area contributed by atoms with Gasteiger partial charge in [0, 0.05) is 33.2 Å². The maximum absolute atomic E-state index is 12.3. The van der Waals surface area contributed by atoms with Gasteiger partial charge in [-0.05, 0) is 36.4 Å². The molecule has 1 amide bonds. The molecule has 0 aromatic heterocycles. The Hall–Kier alpha value is -2.12. The van der Waals surface area contributed by atoms with E-state index in [1.165, 1.54) is 24.5 Å². The molecule has 0 aliphatic heterocycles. The summed E-state index contributed by atoms with van der Waals surface area (Å²) in [6.45, 7) is 0. The summed E-state index contributed by atoms with van der Waals surface area (Å²) in [7, 11) is -10.9. The quantitative estimate of drug-likeness (QED) is 0.610. The molecule has 0 radical (unpaired) electrons. The fourth-order valence-electron chi connectivity index (χ4n) is 1.96. The second kappa shape index (κ2) is 7.25. The summed E-state index contributed by atoms with van der Waals surface area (Å²) in [6, 6.07) is 7.98. The summed E-state index contributed by atoms with van der Waals surface area (Å²) in [5.41, 5.74) is -0.205. The van der Waals surface area contributed by atoms with Crippen LogP contribution in [0.4, 0.5) is 5.69 Å². The van der Waals surface area contributed by atoms with Crippen molar-refractivity contribution in [1.29, 1.82) is 0 Å². The minimum Gasteiger partial charge on any atom is -0.322 e. The first-order valence-electron chi connectivity index (χ1n) is 6.73. The SMILES string of the molecule is CS(=O)c1cccc(C(=O)Nc2cc(S(=O)(=O)O)cc(S(=O)(=O)O)c2)c1. The lowest BCUT2D eigenvalue weighted by atomic mass is 10.2. The Morgan fingerprint density at radius 3 is 1.96 bits per heavy atom. The average Bonchev–Trinajstić information content (AvgIpc) is 2.53. The van der Waals surface area contributed by atoms with Crippen molar-refractivity contribution in [1.82, 2.24) is 0 Å². The molecule has 3 N–H and O–H groups in total. The normalized spacial score (nSPS) is 13.2. The van der Waals surface area contributed by atoms with E-state index in [-0.39, 0.29) is 11.3 Å². The van der Waals surface area contributed by atoms with Gasteiger partial charge in [0.15, 0.2) is 0 Å². The maximum atomic E-state index is 12.3. The Labute approximate surface area is 152 Å². The van der Waals surface area contributed by atoms with Gasteiger partial charge in [-0.25, -0.2) is 0 Å². The minimum atomic E-state index is -4.79. The van der Waals surface area contributed by atoms with E-state index >= 15 is 0 Å². The zero-order valence-corrected chi connectivity index (χ0v) is 15.6. The van der Waals surface area contributed by atoms with Gasteiger partial charge >= 0.3 is 0 Å². The van der Waals surface area contributed by atoms with Crippen molar-refractivity contribution in [2.24, 2.45) is 0 Å². The number of carbonyl (C=O) groups is 1. The summed E-state index contributed by atoms with van der Waals surface area (Å²) in [4.78, 5) is 11.0. The van der Waals surface area contributed by atoms with Crippen LogP contribution in [0.2, 0.25) is 0 Å². The first-order chi connectivity index (χ1) is 11.9. The van der Waals surface area contributed by atoms with E-state index in [4.69, 9.17) is 9.11 Å². The number of hydrogen-bond donors (Lipinski definition) is 3. The maximum Gasteiger partial charge on any atom is 0.294 e. The fourth-order valence-corrected chi connectivity index (χ4v) is 3.70. The highest BCUT2D eigenvalue weighted by molar-refractivity contribution is 7.86. The van der Waals surface area contributed by atoms with Gasteiger partial charge in [0.1, 0.15) is 0 Å². The Morgan fingerprint density at radius 2 is 1.50 bits per heavy atom. The summed E-state index contributed by atoms with van der Waals surface area (Å²) in [5, 5.41) is 2.26. The van der Waals surface area contributed by atoms with E-state index in [2.05, 4.69) is 5.32 Å². The standard InChI is InChI=1S/C14H13NO8S3/c1-24(17)11-4-2-3-9(5-11)14(16)15-10-6-12(25(18,19)20)8-13(7-10)26(21,22)23/h2-8H,1H3,(H,15,16)(H,18,19,20)(H,21,22,23). The van der Waals surface area contributed by atoms with Gasteiger partial charge in [-0.2, -0.15) is 16.8 Å². The van der Waals surface area contributed by atoms with E-state index < -0.39 is 46.7 Å². The number of amides is 1. The van der Waals surface area contributed by atoms with Gasteiger partial charge in [-0.1, -0.05) is 6.07 Å². The molecule has 2 aromatic rings. The molecule has 0 aliphatic carbocycles. The third-order valence-corrected chi connectivity index (χ3v) is 5.74. The topological polar surface area (TPSA) is 155 Å². The van der Waals surface area contributed by atoms with Crippen LogP contribution in [0, 0.1) is 0 Å². The van der Waals surface area contributed by atoms with Crippen LogP contribution in [0.25, 0.3) is 0 Å². The third-order valence-electron chi connectivity index (χ3n) is 3.16. The van der Waals surface area contributed by atoms with Gasteiger partial charge < -0.3 is 5.32 Å². The lowest BCUT2D eigenvalue weighted by molar-refractivity contribution is 0.102. The van der Waals surface area contributed by atoms with Gasteiger partial charge in [0.2, 0.25) is 0 Å². The fraction of sp³-hybridized carbons (Fsp3) is 0.0714. The van der Waals surface area contributed by atoms with Crippen LogP contribution < -0.4 is 5.32 Å². The molecule has 0 saturated heterocycles. The number of benzene rings is 2. The van der Waals surface area contributed by atoms with Gasteiger partial charge in [0.25, 0.3) is 26.1 Å². The van der Waals surface area contributed by atoms with E-state index in [9.17, 15) is 25.8 Å². The molecule has 12 heteroatoms. The first-order valence-corrected chi connectivity index (χ1v) is 11.2. The highest BCUT2D eigenvalue weighted by Crippen LogP contribution is 2.23. The van der Waals surface area contributed by atoms with Crippen molar-refractivity contribution < 1.29 is 34.9 Å². The number of carbonyl (C=O) groups excluding carboxylic acids is 1. The van der Waals surface area contributed by atoms with Crippen molar-refractivity contribution >= 4 is 42.6 Å². The number of rotatable bonds is 5. The molecule has 0 fully saturated rings. The molecule has 0 spiro atoms. The van der Waals surface area contributed by atoms with Crippen molar-refractivity contribution in [3.05, 3.63) is 48.0 Å². The number of nitrogens with one attached hydrogen (secondary N) is 1. The molecular weight excluding hydrogens is 406 g/mol. The van der Waals surface area contributed by atoms with Crippen LogP contribution in [0.5, 0.6) is 0 Å². The zero-order chi connectivity index (χ0) is 19.7. The predicted molar refractivity (Wildman–Crippen MR) is 92.8 cm³/mol. The van der Waals surface area contributed by atoms with Crippen LogP contribution in [-0.4, -0.2) is 42.3 Å². The Bertz CT molecular complexity index is 1060. The van der Waals surface area contributed by atoms with E-state index in [0.717, 1.165) is 12.1 Å². The predicted octanol–water partition coefficient (Wildman–Crippen LogP) is 1.17. The number of hydrogen-bond acceptors (Lipinski definition) is 6. The summed E-state index contributed by atoms with van der Waals surface area (Å²) in [5.74, 6) is -0.744. The molecule has 1 unspecified atom stereocenters. The molecule has 140 valence electrons. The van der Waals surface area contributed by atoms with Gasteiger partial charge in [-0.15, -0.1) is 0 Å². The van der Waals surface area contributed by atoms with E-state index in [1.54, 1.807) is 6.07 Å².